The van der Waals surface area contributed by atoms with E-state index in [9.17, 15) is 4.79 Å². The first-order chi connectivity index (χ1) is 8.87. The van der Waals surface area contributed by atoms with Crippen molar-refractivity contribution in [3.63, 3.8) is 0 Å². The van der Waals surface area contributed by atoms with E-state index in [0.29, 0.717) is 11.1 Å². The Morgan fingerprint density at radius 1 is 1.21 bits per heavy atom. The molecule has 3 nitrogen and oxygen atoms in total. The van der Waals surface area contributed by atoms with E-state index in [1.807, 2.05) is 24.0 Å². The summed E-state index contributed by atoms with van der Waals surface area (Å²) in [6, 6.07) is 5.60. The SMILES string of the molecule is Cc1cc(N)cc(C(=O)N2CCCC(C)(C)CC2)c1. The van der Waals surface area contributed by atoms with Gasteiger partial charge in [0.1, 0.15) is 0 Å². The van der Waals surface area contributed by atoms with Gasteiger partial charge in [-0.05, 0) is 55.4 Å². The molecule has 1 amide bonds. The predicted molar refractivity (Wildman–Crippen MR) is 79.1 cm³/mol. The number of aryl methyl sites for hydroxylation is 1. The van der Waals surface area contributed by atoms with Crippen molar-refractivity contribution >= 4 is 11.6 Å². The third-order valence-corrected chi connectivity index (χ3v) is 3.97. The van der Waals surface area contributed by atoms with Gasteiger partial charge in [0.15, 0.2) is 0 Å². The third-order valence-electron chi connectivity index (χ3n) is 3.97. The highest BCUT2D eigenvalue weighted by Crippen LogP contribution is 2.30. The van der Waals surface area contributed by atoms with Crippen LogP contribution in [0.3, 0.4) is 0 Å². The van der Waals surface area contributed by atoms with Gasteiger partial charge in [-0.15, -0.1) is 0 Å². The van der Waals surface area contributed by atoms with Gasteiger partial charge in [0.25, 0.3) is 5.91 Å². The summed E-state index contributed by atoms with van der Waals surface area (Å²) in [5.74, 6) is 0.119. The molecule has 0 bridgehead atoms. The van der Waals surface area contributed by atoms with Crippen LogP contribution in [0.15, 0.2) is 18.2 Å². The van der Waals surface area contributed by atoms with Crippen molar-refractivity contribution in [3.05, 3.63) is 29.3 Å². The number of benzene rings is 1. The number of rotatable bonds is 1. The van der Waals surface area contributed by atoms with Crippen LogP contribution in [0.5, 0.6) is 0 Å². The Bertz CT molecular complexity index is 459. The zero-order chi connectivity index (χ0) is 14.0. The summed E-state index contributed by atoms with van der Waals surface area (Å²) in [5.41, 5.74) is 8.60. The monoisotopic (exact) mass is 260 g/mol. The molecule has 0 aliphatic carbocycles. The third kappa shape index (κ3) is 3.49. The minimum Gasteiger partial charge on any atom is -0.399 e. The topological polar surface area (TPSA) is 46.3 Å². The van der Waals surface area contributed by atoms with Crippen molar-refractivity contribution in [2.75, 3.05) is 18.8 Å². The first-order valence-electron chi connectivity index (χ1n) is 7.04. The van der Waals surface area contributed by atoms with Crippen LogP contribution < -0.4 is 5.73 Å². The Balaban J connectivity index is 2.15. The fourth-order valence-electron chi connectivity index (χ4n) is 2.74. The minimum absolute atomic E-state index is 0.119. The molecule has 1 aromatic rings. The second-order valence-electron chi connectivity index (χ2n) is 6.44. The molecule has 0 saturated carbocycles. The number of nitrogen functional groups attached to an aromatic ring is 1. The van der Waals surface area contributed by atoms with E-state index in [0.717, 1.165) is 37.1 Å². The Morgan fingerprint density at radius 3 is 2.63 bits per heavy atom. The molecule has 3 heteroatoms. The van der Waals surface area contributed by atoms with E-state index in [1.54, 1.807) is 6.07 Å². The summed E-state index contributed by atoms with van der Waals surface area (Å²) in [6.45, 7) is 8.24. The zero-order valence-corrected chi connectivity index (χ0v) is 12.2. The van der Waals surface area contributed by atoms with E-state index in [4.69, 9.17) is 5.73 Å². The number of nitrogens with zero attached hydrogens (tertiary/aromatic N) is 1. The normalized spacial score (nSPS) is 19.0. The molecule has 2 rings (SSSR count). The first-order valence-corrected chi connectivity index (χ1v) is 7.04. The minimum atomic E-state index is 0.119. The van der Waals surface area contributed by atoms with Crippen molar-refractivity contribution in [2.24, 2.45) is 5.41 Å². The average Bonchev–Trinajstić information content (AvgIpc) is 2.48. The van der Waals surface area contributed by atoms with Crippen LogP contribution in [0, 0.1) is 12.3 Å². The molecule has 2 N–H and O–H groups in total. The Kier molecular flexibility index (Phi) is 3.83. The number of nitrogens with two attached hydrogens (primary N) is 1. The van der Waals surface area contributed by atoms with Crippen molar-refractivity contribution in [2.45, 2.75) is 40.0 Å². The maximum Gasteiger partial charge on any atom is 0.253 e. The summed E-state index contributed by atoms with van der Waals surface area (Å²) in [5, 5.41) is 0. The maximum atomic E-state index is 12.5. The lowest BCUT2D eigenvalue weighted by atomic mass is 9.85. The van der Waals surface area contributed by atoms with Gasteiger partial charge in [-0.3, -0.25) is 4.79 Å². The molecule has 1 aromatic carbocycles. The van der Waals surface area contributed by atoms with Crippen LogP contribution in [0.2, 0.25) is 0 Å². The lowest BCUT2D eigenvalue weighted by Gasteiger charge is -2.23. The molecule has 1 heterocycles. The molecule has 0 radical (unpaired) electrons. The van der Waals surface area contributed by atoms with Gasteiger partial charge in [-0.1, -0.05) is 13.8 Å². The van der Waals surface area contributed by atoms with Gasteiger partial charge in [-0.2, -0.15) is 0 Å². The fourth-order valence-corrected chi connectivity index (χ4v) is 2.74. The Hall–Kier alpha value is -1.51. The summed E-state index contributed by atoms with van der Waals surface area (Å²) < 4.78 is 0. The van der Waals surface area contributed by atoms with Gasteiger partial charge in [-0.25, -0.2) is 0 Å². The number of carbonyl (C=O) groups excluding carboxylic acids is 1. The number of likely N-dealkylation sites (tertiary alicyclic amines) is 1. The number of amides is 1. The average molecular weight is 260 g/mol. The fraction of sp³-hybridized carbons (Fsp3) is 0.562. The summed E-state index contributed by atoms with van der Waals surface area (Å²) >= 11 is 0. The van der Waals surface area contributed by atoms with E-state index in [1.165, 1.54) is 6.42 Å². The smallest absolute Gasteiger partial charge is 0.253 e. The molecule has 1 saturated heterocycles. The van der Waals surface area contributed by atoms with Gasteiger partial charge >= 0.3 is 0 Å². The molecule has 0 atom stereocenters. The highest BCUT2D eigenvalue weighted by molar-refractivity contribution is 5.95. The van der Waals surface area contributed by atoms with Crippen LogP contribution in [0.25, 0.3) is 0 Å². The van der Waals surface area contributed by atoms with Gasteiger partial charge in [0, 0.05) is 24.3 Å². The second kappa shape index (κ2) is 5.24. The molecule has 1 aliphatic heterocycles. The second-order valence-corrected chi connectivity index (χ2v) is 6.44. The highest BCUT2D eigenvalue weighted by atomic mass is 16.2. The van der Waals surface area contributed by atoms with Crippen LogP contribution in [0.1, 0.15) is 49.0 Å². The van der Waals surface area contributed by atoms with Gasteiger partial charge in [0.05, 0.1) is 0 Å². The molecule has 104 valence electrons. The molecule has 1 fully saturated rings. The number of hydrogen-bond donors (Lipinski definition) is 1. The largest absolute Gasteiger partial charge is 0.399 e. The van der Waals surface area contributed by atoms with Gasteiger partial charge < -0.3 is 10.6 Å². The summed E-state index contributed by atoms with van der Waals surface area (Å²) in [6.07, 6.45) is 3.34. The molecule has 19 heavy (non-hydrogen) atoms. The van der Waals surface area contributed by atoms with Crippen LogP contribution in [0.4, 0.5) is 5.69 Å². The molecule has 0 aromatic heterocycles. The quantitative estimate of drug-likeness (QED) is 0.788. The van der Waals surface area contributed by atoms with Crippen molar-refractivity contribution in [3.8, 4) is 0 Å². The highest BCUT2D eigenvalue weighted by Gasteiger charge is 2.26. The first kappa shape index (κ1) is 13.9. The molecular weight excluding hydrogens is 236 g/mol. The Labute approximate surface area is 115 Å². The molecule has 1 aliphatic rings. The van der Waals surface area contributed by atoms with E-state index < -0.39 is 0 Å². The zero-order valence-electron chi connectivity index (χ0n) is 12.2. The lowest BCUT2D eigenvalue weighted by molar-refractivity contribution is 0.0757. The number of hydrogen-bond acceptors (Lipinski definition) is 2. The standard InChI is InChI=1S/C16H24N2O/c1-12-9-13(11-14(17)10-12)15(19)18-7-4-5-16(2,3)6-8-18/h9-11H,4-8,17H2,1-3H3. The van der Waals surface area contributed by atoms with Crippen LogP contribution >= 0.6 is 0 Å². The van der Waals surface area contributed by atoms with Gasteiger partial charge in [0.2, 0.25) is 0 Å². The number of carbonyl (C=O) groups is 1. The van der Waals surface area contributed by atoms with Crippen molar-refractivity contribution < 1.29 is 4.79 Å². The van der Waals surface area contributed by atoms with Crippen molar-refractivity contribution in [1.82, 2.24) is 4.90 Å². The Morgan fingerprint density at radius 2 is 1.95 bits per heavy atom. The van der Waals surface area contributed by atoms with Crippen molar-refractivity contribution in [1.29, 1.82) is 0 Å². The number of anilines is 1. The van der Waals surface area contributed by atoms with Crippen LogP contribution in [-0.2, 0) is 0 Å². The van der Waals surface area contributed by atoms with E-state index >= 15 is 0 Å². The van der Waals surface area contributed by atoms with E-state index in [2.05, 4.69) is 13.8 Å². The van der Waals surface area contributed by atoms with E-state index in [-0.39, 0.29) is 5.91 Å². The maximum absolute atomic E-state index is 12.5. The lowest BCUT2D eigenvalue weighted by Crippen LogP contribution is -2.32. The molecule has 0 spiro atoms. The predicted octanol–water partition coefficient (Wildman–Crippen LogP) is 3.23. The summed E-state index contributed by atoms with van der Waals surface area (Å²) in [7, 11) is 0. The molecule has 0 unspecified atom stereocenters. The molecular formula is C16H24N2O. The van der Waals surface area contributed by atoms with Crippen LogP contribution in [-0.4, -0.2) is 23.9 Å². The summed E-state index contributed by atoms with van der Waals surface area (Å²) in [4.78, 5) is 14.5.